The normalized spacial score (nSPS) is 18.3. The molecule has 1 aliphatic heterocycles. The summed E-state index contributed by atoms with van der Waals surface area (Å²) in [6.45, 7) is 8.41. The minimum atomic E-state index is -0.0306. The minimum absolute atomic E-state index is 0.0306. The number of nitrogens with two attached hydrogens (primary N) is 1. The Hall–Kier alpha value is -1.99. The zero-order valence-electron chi connectivity index (χ0n) is 13.8. The highest BCUT2D eigenvalue weighted by atomic mass is 16.2. The van der Waals surface area contributed by atoms with Crippen molar-refractivity contribution in [2.24, 2.45) is 5.73 Å². The first-order valence-electron chi connectivity index (χ1n) is 8.21. The van der Waals surface area contributed by atoms with Crippen LogP contribution in [0, 0.1) is 0 Å². The summed E-state index contributed by atoms with van der Waals surface area (Å²) in [6, 6.07) is 0.0782. The molecule has 23 heavy (non-hydrogen) atoms. The van der Waals surface area contributed by atoms with Crippen LogP contribution in [0.5, 0.6) is 0 Å². The average Bonchev–Trinajstić information content (AvgIpc) is 3.17. The van der Waals surface area contributed by atoms with Crippen LogP contribution in [-0.4, -0.2) is 62.5 Å². The molecule has 2 N–H and O–H groups in total. The molecule has 0 bridgehead atoms. The lowest BCUT2D eigenvalue weighted by Gasteiger charge is -2.17. The second kappa shape index (κ2) is 6.64. The summed E-state index contributed by atoms with van der Waals surface area (Å²) in [5.41, 5.74) is 8.14. The topological polar surface area (TPSA) is 79.8 Å². The van der Waals surface area contributed by atoms with Gasteiger partial charge in [-0.3, -0.25) is 9.69 Å². The Bertz CT molecular complexity index is 693. The average molecular weight is 316 g/mol. The third kappa shape index (κ3) is 3.20. The van der Waals surface area contributed by atoms with Gasteiger partial charge in [-0.1, -0.05) is 13.8 Å². The van der Waals surface area contributed by atoms with Crippen molar-refractivity contribution in [2.45, 2.75) is 32.9 Å². The molecule has 0 unspecified atom stereocenters. The van der Waals surface area contributed by atoms with Gasteiger partial charge in [0.05, 0.1) is 6.20 Å². The zero-order chi connectivity index (χ0) is 16.4. The number of carbonyl (C=O) groups is 1. The zero-order valence-corrected chi connectivity index (χ0v) is 13.8. The number of nitrogens with zero attached hydrogens (tertiary/aromatic N) is 5. The van der Waals surface area contributed by atoms with Crippen LogP contribution >= 0.6 is 0 Å². The van der Waals surface area contributed by atoms with Gasteiger partial charge < -0.3 is 10.6 Å². The van der Waals surface area contributed by atoms with Crippen LogP contribution in [0.2, 0.25) is 0 Å². The standard InChI is InChI=1S/C16H24N6O/c1-3-20(4-2)9-12-7-18-15-14(8-19-22(15)10-12)16(23)21-6-5-13(17)11-21/h7-8,10,13H,3-6,9,11,17H2,1-2H3/t13-/m1/s1. The van der Waals surface area contributed by atoms with Gasteiger partial charge in [-0.2, -0.15) is 5.10 Å². The molecule has 3 heterocycles. The smallest absolute Gasteiger partial charge is 0.259 e. The van der Waals surface area contributed by atoms with Gasteiger partial charge in [0.1, 0.15) is 5.56 Å². The predicted octanol–water partition coefficient (Wildman–Crippen LogP) is 0.744. The number of aromatic nitrogens is 3. The van der Waals surface area contributed by atoms with Crippen molar-refractivity contribution >= 4 is 11.6 Å². The number of carbonyl (C=O) groups excluding carboxylic acids is 1. The molecule has 0 aliphatic carbocycles. The third-order valence-electron chi connectivity index (χ3n) is 4.45. The highest BCUT2D eigenvalue weighted by molar-refractivity contribution is 5.99. The highest BCUT2D eigenvalue weighted by Gasteiger charge is 2.27. The highest BCUT2D eigenvalue weighted by Crippen LogP contribution is 2.16. The van der Waals surface area contributed by atoms with E-state index in [-0.39, 0.29) is 11.9 Å². The van der Waals surface area contributed by atoms with Crippen LogP contribution in [0.25, 0.3) is 5.65 Å². The largest absolute Gasteiger partial charge is 0.337 e. The van der Waals surface area contributed by atoms with Gasteiger partial charge in [-0.15, -0.1) is 0 Å². The number of hydrogen-bond donors (Lipinski definition) is 1. The molecule has 1 fully saturated rings. The lowest BCUT2D eigenvalue weighted by molar-refractivity contribution is 0.0792. The first-order valence-corrected chi connectivity index (χ1v) is 8.21. The minimum Gasteiger partial charge on any atom is -0.337 e. The van der Waals surface area contributed by atoms with Crippen molar-refractivity contribution in [1.82, 2.24) is 24.4 Å². The Kier molecular flexibility index (Phi) is 4.58. The van der Waals surface area contributed by atoms with Crippen LogP contribution in [0.15, 0.2) is 18.6 Å². The Balaban J connectivity index is 1.82. The van der Waals surface area contributed by atoms with Crippen LogP contribution in [-0.2, 0) is 6.54 Å². The van der Waals surface area contributed by atoms with Crippen molar-refractivity contribution in [1.29, 1.82) is 0 Å². The van der Waals surface area contributed by atoms with E-state index < -0.39 is 0 Å². The molecule has 124 valence electrons. The number of amides is 1. The lowest BCUT2D eigenvalue weighted by Crippen LogP contribution is -2.31. The molecule has 1 aliphatic rings. The molecular formula is C16H24N6O. The summed E-state index contributed by atoms with van der Waals surface area (Å²) < 4.78 is 1.70. The van der Waals surface area contributed by atoms with Crippen molar-refractivity contribution < 1.29 is 4.79 Å². The van der Waals surface area contributed by atoms with Crippen molar-refractivity contribution in [3.63, 3.8) is 0 Å². The Morgan fingerprint density at radius 1 is 1.39 bits per heavy atom. The van der Waals surface area contributed by atoms with Gasteiger partial charge in [-0.25, -0.2) is 9.50 Å². The third-order valence-corrected chi connectivity index (χ3v) is 4.45. The molecule has 0 radical (unpaired) electrons. The Morgan fingerprint density at radius 2 is 2.17 bits per heavy atom. The molecule has 0 spiro atoms. The molecule has 1 amide bonds. The summed E-state index contributed by atoms with van der Waals surface area (Å²) in [5.74, 6) is -0.0306. The number of likely N-dealkylation sites (tertiary alicyclic amines) is 1. The summed E-state index contributed by atoms with van der Waals surface area (Å²) >= 11 is 0. The first-order chi connectivity index (χ1) is 11.1. The van der Waals surface area contributed by atoms with E-state index in [1.807, 2.05) is 12.4 Å². The molecule has 7 heteroatoms. The maximum Gasteiger partial charge on any atom is 0.259 e. The van der Waals surface area contributed by atoms with Crippen LogP contribution in [0.3, 0.4) is 0 Å². The van der Waals surface area contributed by atoms with Gasteiger partial charge >= 0.3 is 0 Å². The summed E-state index contributed by atoms with van der Waals surface area (Å²) in [7, 11) is 0. The van der Waals surface area contributed by atoms with E-state index in [9.17, 15) is 4.79 Å². The van der Waals surface area contributed by atoms with Crippen molar-refractivity contribution in [2.75, 3.05) is 26.2 Å². The molecule has 2 aromatic rings. The van der Waals surface area contributed by atoms with Crippen LogP contribution < -0.4 is 5.73 Å². The predicted molar refractivity (Wildman–Crippen MR) is 88.1 cm³/mol. The monoisotopic (exact) mass is 316 g/mol. The van der Waals surface area contributed by atoms with Crippen molar-refractivity contribution in [3.8, 4) is 0 Å². The van der Waals surface area contributed by atoms with Crippen LogP contribution in [0.1, 0.15) is 36.2 Å². The van der Waals surface area contributed by atoms with E-state index in [4.69, 9.17) is 5.73 Å². The van der Waals surface area contributed by atoms with Gasteiger partial charge in [0.2, 0.25) is 0 Å². The fourth-order valence-electron chi connectivity index (χ4n) is 2.99. The van der Waals surface area contributed by atoms with Gasteiger partial charge in [-0.05, 0) is 19.5 Å². The number of fused-ring (bicyclic) bond motifs is 1. The van der Waals surface area contributed by atoms with E-state index in [0.29, 0.717) is 24.3 Å². The van der Waals surface area contributed by atoms with E-state index in [1.165, 1.54) is 0 Å². The second-order valence-electron chi connectivity index (χ2n) is 6.05. The fraction of sp³-hybridized carbons (Fsp3) is 0.562. The molecule has 1 atom stereocenters. The lowest BCUT2D eigenvalue weighted by atomic mass is 10.2. The Morgan fingerprint density at radius 3 is 2.83 bits per heavy atom. The first kappa shape index (κ1) is 15.9. The molecule has 0 saturated carbocycles. The van der Waals surface area contributed by atoms with E-state index in [0.717, 1.165) is 31.6 Å². The quantitative estimate of drug-likeness (QED) is 0.880. The van der Waals surface area contributed by atoms with Crippen molar-refractivity contribution in [3.05, 3.63) is 29.7 Å². The van der Waals surface area contributed by atoms with Gasteiger partial charge in [0.25, 0.3) is 5.91 Å². The summed E-state index contributed by atoms with van der Waals surface area (Å²) in [4.78, 5) is 21.2. The molecule has 7 nitrogen and oxygen atoms in total. The van der Waals surface area contributed by atoms with Crippen LogP contribution in [0.4, 0.5) is 0 Å². The SMILES string of the molecule is CCN(CC)Cc1cnc2c(C(=O)N3CC[C@@H](N)C3)cnn2c1. The Labute approximate surface area is 136 Å². The molecule has 1 saturated heterocycles. The number of hydrogen-bond acceptors (Lipinski definition) is 5. The maximum absolute atomic E-state index is 12.6. The van der Waals surface area contributed by atoms with E-state index in [2.05, 4.69) is 28.8 Å². The second-order valence-corrected chi connectivity index (χ2v) is 6.05. The summed E-state index contributed by atoms with van der Waals surface area (Å²) in [6.07, 6.45) is 6.25. The van der Waals surface area contributed by atoms with E-state index >= 15 is 0 Å². The van der Waals surface area contributed by atoms with Gasteiger partial charge in [0.15, 0.2) is 5.65 Å². The van der Waals surface area contributed by atoms with E-state index in [1.54, 1.807) is 15.6 Å². The fourth-order valence-corrected chi connectivity index (χ4v) is 2.99. The molecule has 3 rings (SSSR count). The maximum atomic E-state index is 12.6. The number of rotatable bonds is 5. The van der Waals surface area contributed by atoms with Gasteiger partial charge in [0, 0.05) is 43.6 Å². The molecule has 0 aromatic carbocycles. The summed E-state index contributed by atoms with van der Waals surface area (Å²) in [5, 5.41) is 4.31. The molecule has 2 aromatic heterocycles. The molecular weight excluding hydrogens is 292 g/mol.